The first-order valence-electron chi connectivity index (χ1n) is 10.7. The highest BCUT2D eigenvalue weighted by Gasteiger charge is 2.27. The maximum atomic E-state index is 12.2. The smallest absolute Gasteiger partial charge is 0.410 e. The van der Waals surface area contributed by atoms with Crippen molar-refractivity contribution in [2.24, 2.45) is 0 Å². The summed E-state index contributed by atoms with van der Waals surface area (Å²) in [6.45, 7) is 9.22. The van der Waals surface area contributed by atoms with Crippen LogP contribution in [0.25, 0.3) is 0 Å². The van der Waals surface area contributed by atoms with Crippen LogP contribution in [-0.4, -0.2) is 42.9 Å². The highest BCUT2D eigenvalue weighted by atomic mass is 32.1. The minimum atomic E-state index is -0.444. The lowest BCUT2D eigenvalue weighted by molar-refractivity contribution is 0.0205. The Labute approximate surface area is 183 Å². The van der Waals surface area contributed by atoms with E-state index in [1.165, 1.54) is 10.4 Å². The average Bonchev–Trinajstić information content (AvgIpc) is 3.23. The summed E-state index contributed by atoms with van der Waals surface area (Å²) in [5.41, 5.74) is 0.866. The molecule has 0 atom stereocenters. The molecule has 0 saturated carbocycles. The number of benzene rings is 1. The average molecular weight is 432 g/mol. The molecule has 164 valence electrons. The number of hydrogen-bond acceptors (Lipinski definition) is 5. The molecular weight excluding hydrogens is 398 g/mol. The fourth-order valence-electron chi connectivity index (χ4n) is 3.48. The first-order chi connectivity index (χ1) is 14.4. The van der Waals surface area contributed by atoms with Crippen molar-refractivity contribution in [3.05, 3.63) is 52.2 Å². The van der Waals surface area contributed by atoms with E-state index in [0.717, 1.165) is 38.1 Å². The van der Waals surface area contributed by atoms with Gasteiger partial charge in [-0.05, 0) is 68.7 Å². The largest absolute Gasteiger partial charge is 0.494 e. The number of carbonyl (C=O) groups is 1. The van der Waals surface area contributed by atoms with Crippen molar-refractivity contribution in [1.29, 1.82) is 0 Å². The summed E-state index contributed by atoms with van der Waals surface area (Å²) in [6.07, 6.45) is 2.59. The van der Waals surface area contributed by atoms with Gasteiger partial charge in [-0.1, -0.05) is 18.2 Å². The van der Waals surface area contributed by atoms with E-state index in [4.69, 9.17) is 14.2 Å². The normalized spacial score (nSPS) is 15.2. The van der Waals surface area contributed by atoms with E-state index in [9.17, 15) is 4.79 Å². The van der Waals surface area contributed by atoms with Gasteiger partial charge in [-0.3, -0.25) is 0 Å². The van der Waals surface area contributed by atoms with Gasteiger partial charge in [0, 0.05) is 24.4 Å². The Balaban J connectivity index is 1.34. The van der Waals surface area contributed by atoms with Crippen molar-refractivity contribution in [2.45, 2.75) is 58.2 Å². The Morgan fingerprint density at radius 1 is 1.10 bits per heavy atom. The van der Waals surface area contributed by atoms with E-state index in [1.54, 1.807) is 11.3 Å². The molecule has 30 heavy (non-hydrogen) atoms. The minimum absolute atomic E-state index is 0.205. The lowest BCUT2D eigenvalue weighted by Gasteiger charge is -2.33. The van der Waals surface area contributed by atoms with Gasteiger partial charge >= 0.3 is 6.09 Å². The molecule has 1 aromatic heterocycles. The maximum absolute atomic E-state index is 12.2. The van der Waals surface area contributed by atoms with E-state index < -0.39 is 5.60 Å². The zero-order chi connectivity index (χ0) is 21.4. The van der Waals surface area contributed by atoms with Crippen LogP contribution >= 0.6 is 11.3 Å². The molecule has 0 radical (unpaired) electrons. The summed E-state index contributed by atoms with van der Waals surface area (Å²) in [6, 6.07) is 12.5. The molecule has 6 heteroatoms. The zero-order valence-corrected chi connectivity index (χ0v) is 19.1. The van der Waals surface area contributed by atoms with E-state index in [2.05, 4.69) is 23.6 Å². The van der Waals surface area contributed by atoms with Gasteiger partial charge in [0.2, 0.25) is 0 Å². The third kappa shape index (κ3) is 7.33. The molecule has 2 aromatic rings. The predicted octanol–water partition coefficient (Wildman–Crippen LogP) is 5.85. The Morgan fingerprint density at radius 3 is 2.47 bits per heavy atom. The number of piperidine rings is 1. The third-order valence-electron chi connectivity index (χ3n) is 5.02. The molecule has 3 rings (SSSR count). The van der Waals surface area contributed by atoms with Crippen molar-refractivity contribution >= 4 is 17.4 Å². The highest BCUT2D eigenvalue weighted by Crippen LogP contribution is 2.30. The first-order valence-corrected chi connectivity index (χ1v) is 11.6. The second-order valence-corrected chi connectivity index (χ2v) is 9.68. The summed E-state index contributed by atoms with van der Waals surface area (Å²) in [4.78, 5) is 15.3. The Bertz CT molecular complexity index is 760. The molecule has 0 unspecified atom stereocenters. The summed E-state index contributed by atoms with van der Waals surface area (Å²) in [5.74, 6) is 1.37. The number of ether oxygens (including phenoxy) is 3. The topological polar surface area (TPSA) is 48.0 Å². The fraction of sp³-hybridized carbons (Fsp3) is 0.542. The van der Waals surface area contributed by atoms with Gasteiger partial charge in [-0.2, -0.15) is 0 Å². The van der Waals surface area contributed by atoms with Crippen molar-refractivity contribution < 1.29 is 19.0 Å². The van der Waals surface area contributed by atoms with E-state index in [-0.39, 0.29) is 6.09 Å². The van der Waals surface area contributed by atoms with Crippen LogP contribution in [-0.2, 0) is 16.1 Å². The fourth-order valence-corrected chi connectivity index (χ4v) is 4.12. The first kappa shape index (κ1) is 22.6. The summed E-state index contributed by atoms with van der Waals surface area (Å²) >= 11 is 1.72. The van der Waals surface area contributed by atoms with Crippen molar-refractivity contribution in [2.75, 3.05) is 26.3 Å². The number of carbonyl (C=O) groups excluding carboxylic acids is 1. The van der Waals surface area contributed by atoms with Crippen LogP contribution in [0.15, 0.2) is 41.8 Å². The maximum Gasteiger partial charge on any atom is 0.410 e. The molecule has 2 heterocycles. The Morgan fingerprint density at radius 2 is 1.83 bits per heavy atom. The molecule has 0 bridgehead atoms. The SMILES string of the molecule is CC(C)(C)OC(=O)N1CCC(c2ccc(OCCCOCc3cccs3)cc2)CC1. The summed E-state index contributed by atoms with van der Waals surface area (Å²) in [7, 11) is 0. The van der Waals surface area contributed by atoms with Gasteiger partial charge < -0.3 is 19.1 Å². The van der Waals surface area contributed by atoms with Gasteiger partial charge in [0.05, 0.1) is 19.8 Å². The molecule has 1 saturated heterocycles. The molecule has 1 amide bonds. The zero-order valence-electron chi connectivity index (χ0n) is 18.3. The minimum Gasteiger partial charge on any atom is -0.494 e. The molecule has 1 aliphatic heterocycles. The number of amides is 1. The van der Waals surface area contributed by atoms with Crippen molar-refractivity contribution in [3.63, 3.8) is 0 Å². The molecule has 5 nitrogen and oxygen atoms in total. The second kappa shape index (κ2) is 10.8. The van der Waals surface area contributed by atoms with Crippen LogP contribution in [0.4, 0.5) is 4.79 Å². The van der Waals surface area contributed by atoms with Gasteiger partial charge in [0.15, 0.2) is 0 Å². The van der Waals surface area contributed by atoms with Gasteiger partial charge in [-0.15, -0.1) is 11.3 Å². The lowest BCUT2D eigenvalue weighted by atomic mass is 9.89. The Kier molecular flexibility index (Phi) is 8.16. The lowest BCUT2D eigenvalue weighted by Crippen LogP contribution is -2.41. The molecule has 1 fully saturated rings. The third-order valence-corrected chi connectivity index (χ3v) is 5.87. The molecule has 0 N–H and O–H groups in total. The van der Waals surface area contributed by atoms with E-state index >= 15 is 0 Å². The standard InChI is InChI=1S/C24H33NO4S/c1-24(2,3)29-23(26)25-13-11-20(12-14-25)19-7-9-21(10-8-19)28-16-5-15-27-18-22-6-4-17-30-22/h4,6-10,17,20H,5,11-16,18H2,1-3H3. The van der Waals surface area contributed by atoms with E-state index in [0.29, 0.717) is 25.7 Å². The van der Waals surface area contributed by atoms with Gasteiger partial charge in [0.1, 0.15) is 11.4 Å². The summed E-state index contributed by atoms with van der Waals surface area (Å²) < 4.78 is 17.0. The number of likely N-dealkylation sites (tertiary alicyclic amines) is 1. The number of hydrogen-bond donors (Lipinski definition) is 0. The van der Waals surface area contributed by atoms with Crippen LogP contribution in [0.1, 0.15) is 56.4 Å². The monoisotopic (exact) mass is 431 g/mol. The predicted molar refractivity (Wildman–Crippen MR) is 120 cm³/mol. The number of thiophene rings is 1. The van der Waals surface area contributed by atoms with Crippen LogP contribution in [0.2, 0.25) is 0 Å². The van der Waals surface area contributed by atoms with Crippen LogP contribution in [0, 0.1) is 0 Å². The highest BCUT2D eigenvalue weighted by molar-refractivity contribution is 7.09. The molecule has 0 spiro atoms. The summed E-state index contributed by atoms with van der Waals surface area (Å²) in [5, 5.41) is 2.07. The van der Waals surface area contributed by atoms with Crippen LogP contribution in [0.5, 0.6) is 5.75 Å². The Hall–Kier alpha value is -2.05. The second-order valence-electron chi connectivity index (χ2n) is 8.64. The van der Waals surface area contributed by atoms with Crippen molar-refractivity contribution in [1.82, 2.24) is 4.90 Å². The number of nitrogens with zero attached hydrogens (tertiary/aromatic N) is 1. The van der Waals surface area contributed by atoms with Gasteiger partial charge in [0.25, 0.3) is 0 Å². The van der Waals surface area contributed by atoms with Gasteiger partial charge in [-0.25, -0.2) is 4.79 Å². The molecule has 0 aliphatic carbocycles. The van der Waals surface area contributed by atoms with Crippen LogP contribution in [0.3, 0.4) is 0 Å². The quantitative estimate of drug-likeness (QED) is 0.492. The molecule has 1 aliphatic rings. The van der Waals surface area contributed by atoms with Crippen molar-refractivity contribution in [3.8, 4) is 5.75 Å². The molecule has 1 aromatic carbocycles. The number of rotatable bonds is 8. The van der Waals surface area contributed by atoms with Crippen LogP contribution < -0.4 is 4.74 Å². The van der Waals surface area contributed by atoms with E-state index in [1.807, 2.05) is 43.9 Å². The molecular formula is C24H33NO4S.